The van der Waals surface area contributed by atoms with Crippen LogP contribution in [-0.2, 0) is 0 Å². The molecule has 1 aliphatic rings. The number of hydrogen-bond acceptors (Lipinski definition) is 5. The summed E-state index contributed by atoms with van der Waals surface area (Å²) in [7, 11) is 0. The van der Waals surface area contributed by atoms with Gasteiger partial charge in [0, 0.05) is 32.4 Å². The van der Waals surface area contributed by atoms with E-state index in [0.29, 0.717) is 11.4 Å². The lowest BCUT2D eigenvalue weighted by molar-refractivity contribution is 0.578. The SMILES string of the molecule is N#Cc1cccnc1-n1c(N2CCNCC2)nc2ccccc21. The van der Waals surface area contributed by atoms with E-state index in [2.05, 4.69) is 21.3 Å². The molecular weight excluding hydrogens is 288 g/mol. The highest BCUT2D eigenvalue weighted by Crippen LogP contribution is 2.27. The molecule has 2 aromatic heterocycles. The summed E-state index contributed by atoms with van der Waals surface area (Å²) in [6.07, 6.45) is 1.71. The Balaban J connectivity index is 1.98. The first-order valence-electron chi connectivity index (χ1n) is 7.67. The van der Waals surface area contributed by atoms with Gasteiger partial charge in [0.1, 0.15) is 6.07 Å². The van der Waals surface area contributed by atoms with Crippen LogP contribution in [0.2, 0.25) is 0 Å². The van der Waals surface area contributed by atoms with E-state index in [0.717, 1.165) is 43.2 Å². The fraction of sp³-hybridized carbons (Fsp3) is 0.235. The highest BCUT2D eigenvalue weighted by Gasteiger charge is 2.21. The zero-order valence-electron chi connectivity index (χ0n) is 12.6. The van der Waals surface area contributed by atoms with Crippen molar-refractivity contribution < 1.29 is 0 Å². The van der Waals surface area contributed by atoms with Gasteiger partial charge in [-0.2, -0.15) is 5.26 Å². The van der Waals surface area contributed by atoms with Gasteiger partial charge in [-0.3, -0.25) is 4.57 Å². The molecule has 0 amide bonds. The van der Waals surface area contributed by atoms with Crippen LogP contribution in [0.25, 0.3) is 16.9 Å². The van der Waals surface area contributed by atoms with Crippen LogP contribution in [0, 0.1) is 11.3 Å². The van der Waals surface area contributed by atoms with E-state index in [1.165, 1.54) is 0 Å². The number of rotatable bonds is 2. The standard InChI is InChI=1S/C17H16N6/c18-12-13-4-3-7-20-16(13)23-15-6-2-1-5-14(15)21-17(23)22-10-8-19-9-11-22/h1-7,19H,8-11H2. The smallest absolute Gasteiger partial charge is 0.212 e. The minimum atomic E-state index is 0.548. The third-order valence-corrected chi connectivity index (χ3v) is 4.06. The van der Waals surface area contributed by atoms with E-state index in [-0.39, 0.29) is 0 Å². The van der Waals surface area contributed by atoms with Crippen molar-refractivity contribution in [3.63, 3.8) is 0 Å². The Kier molecular flexibility index (Phi) is 3.41. The van der Waals surface area contributed by atoms with E-state index in [1.54, 1.807) is 18.3 Å². The summed E-state index contributed by atoms with van der Waals surface area (Å²) < 4.78 is 2.00. The Hall–Kier alpha value is -2.91. The maximum absolute atomic E-state index is 9.44. The molecule has 0 unspecified atom stereocenters. The molecule has 1 fully saturated rings. The van der Waals surface area contributed by atoms with Gasteiger partial charge in [-0.25, -0.2) is 9.97 Å². The van der Waals surface area contributed by atoms with Crippen molar-refractivity contribution in [2.24, 2.45) is 0 Å². The monoisotopic (exact) mass is 304 g/mol. The average molecular weight is 304 g/mol. The van der Waals surface area contributed by atoms with Gasteiger partial charge in [0.25, 0.3) is 0 Å². The zero-order chi connectivity index (χ0) is 15.6. The number of nitrogens with zero attached hydrogens (tertiary/aromatic N) is 5. The lowest BCUT2D eigenvalue weighted by Gasteiger charge is -2.28. The lowest BCUT2D eigenvalue weighted by atomic mass is 10.2. The van der Waals surface area contributed by atoms with Crippen molar-refractivity contribution in [1.29, 1.82) is 5.26 Å². The number of pyridine rings is 1. The van der Waals surface area contributed by atoms with Crippen LogP contribution in [0.1, 0.15) is 5.56 Å². The maximum atomic E-state index is 9.44. The predicted molar refractivity (Wildman–Crippen MR) is 88.7 cm³/mol. The van der Waals surface area contributed by atoms with E-state index in [1.807, 2.05) is 28.8 Å². The van der Waals surface area contributed by atoms with Gasteiger partial charge >= 0.3 is 0 Å². The molecule has 23 heavy (non-hydrogen) atoms. The molecule has 0 saturated carbocycles. The fourth-order valence-corrected chi connectivity index (χ4v) is 2.96. The molecule has 1 aromatic carbocycles. The second kappa shape index (κ2) is 5.71. The maximum Gasteiger partial charge on any atom is 0.212 e. The Bertz CT molecular complexity index is 885. The quantitative estimate of drug-likeness (QED) is 0.780. The third-order valence-electron chi connectivity index (χ3n) is 4.06. The summed E-state index contributed by atoms with van der Waals surface area (Å²) in [4.78, 5) is 11.5. The summed E-state index contributed by atoms with van der Waals surface area (Å²) in [6.45, 7) is 3.63. The number of benzene rings is 1. The van der Waals surface area contributed by atoms with Crippen LogP contribution in [0.4, 0.5) is 5.95 Å². The average Bonchev–Trinajstić information content (AvgIpc) is 3.02. The number of hydrogen-bond donors (Lipinski definition) is 1. The van der Waals surface area contributed by atoms with Crippen molar-refractivity contribution >= 4 is 17.0 Å². The van der Waals surface area contributed by atoms with E-state index < -0.39 is 0 Å². The first-order valence-corrected chi connectivity index (χ1v) is 7.67. The summed E-state index contributed by atoms with van der Waals surface area (Å²) in [6, 6.07) is 13.8. The minimum absolute atomic E-state index is 0.548. The molecule has 0 bridgehead atoms. The highest BCUT2D eigenvalue weighted by molar-refractivity contribution is 5.81. The Morgan fingerprint density at radius 1 is 1.09 bits per heavy atom. The van der Waals surface area contributed by atoms with Crippen LogP contribution in [0.5, 0.6) is 0 Å². The summed E-state index contributed by atoms with van der Waals surface area (Å²) >= 11 is 0. The van der Waals surface area contributed by atoms with Crippen LogP contribution < -0.4 is 10.2 Å². The Morgan fingerprint density at radius 2 is 1.91 bits per heavy atom. The van der Waals surface area contributed by atoms with Crippen LogP contribution in [-0.4, -0.2) is 40.7 Å². The molecule has 0 atom stereocenters. The minimum Gasteiger partial charge on any atom is -0.339 e. The normalized spacial score (nSPS) is 14.8. The summed E-state index contributed by atoms with van der Waals surface area (Å²) in [5, 5.41) is 12.8. The van der Waals surface area contributed by atoms with Gasteiger partial charge in [0.15, 0.2) is 5.82 Å². The molecule has 114 valence electrons. The van der Waals surface area contributed by atoms with Crippen molar-refractivity contribution in [2.45, 2.75) is 0 Å². The first kappa shape index (κ1) is 13.7. The third kappa shape index (κ3) is 2.31. The number of anilines is 1. The molecular formula is C17H16N6. The topological polar surface area (TPSA) is 69.8 Å². The number of piperazine rings is 1. The Morgan fingerprint density at radius 3 is 2.74 bits per heavy atom. The molecule has 0 radical (unpaired) electrons. The molecule has 6 heteroatoms. The number of imidazole rings is 1. The largest absolute Gasteiger partial charge is 0.339 e. The molecule has 0 spiro atoms. The van der Waals surface area contributed by atoms with E-state index in [9.17, 15) is 5.26 Å². The number of nitriles is 1. The molecule has 3 aromatic rings. The second-order valence-electron chi connectivity index (χ2n) is 5.46. The highest BCUT2D eigenvalue weighted by atomic mass is 15.3. The van der Waals surface area contributed by atoms with Gasteiger partial charge in [-0.1, -0.05) is 12.1 Å². The van der Waals surface area contributed by atoms with E-state index in [4.69, 9.17) is 4.98 Å². The van der Waals surface area contributed by atoms with Crippen molar-refractivity contribution in [3.8, 4) is 11.9 Å². The van der Waals surface area contributed by atoms with Crippen LogP contribution in [0.3, 0.4) is 0 Å². The van der Waals surface area contributed by atoms with E-state index >= 15 is 0 Å². The van der Waals surface area contributed by atoms with Crippen molar-refractivity contribution in [3.05, 3.63) is 48.2 Å². The number of nitrogens with one attached hydrogen (secondary N) is 1. The number of fused-ring (bicyclic) bond motifs is 1. The van der Waals surface area contributed by atoms with Gasteiger partial charge in [0.05, 0.1) is 16.6 Å². The number of aromatic nitrogens is 3. The lowest BCUT2D eigenvalue weighted by Crippen LogP contribution is -2.44. The predicted octanol–water partition coefficient (Wildman–Crippen LogP) is 1.70. The molecule has 1 aliphatic heterocycles. The summed E-state index contributed by atoms with van der Waals surface area (Å²) in [5.74, 6) is 1.49. The molecule has 0 aliphatic carbocycles. The molecule has 3 heterocycles. The van der Waals surface area contributed by atoms with Crippen LogP contribution >= 0.6 is 0 Å². The van der Waals surface area contributed by atoms with Crippen LogP contribution in [0.15, 0.2) is 42.6 Å². The van der Waals surface area contributed by atoms with Crippen molar-refractivity contribution in [1.82, 2.24) is 19.9 Å². The molecule has 1 saturated heterocycles. The van der Waals surface area contributed by atoms with Gasteiger partial charge in [0.2, 0.25) is 5.95 Å². The van der Waals surface area contributed by atoms with Crippen molar-refractivity contribution in [2.75, 3.05) is 31.1 Å². The Labute approximate surface area is 134 Å². The molecule has 6 nitrogen and oxygen atoms in total. The first-order chi connectivity index (χ1) is 11.4. The fourth-order valence-electron chi connectivity index (χ4n) is 2.96. The summed E-state index contributed by atoms with van der Waals surface area (Å²) in [5.41, 5.74) is 2.43. The van der Waals surface area contributed by atoms with Gasteiger partial charge in [-0.05, 0) is 24.3 Å². The van der Waals surface area contributed by atoms with Gasteiger partial charge < -0.3 is 10.2 Å². The zero-order valence-corrected chi connectivity index (χ0v) is 12.6. The number of para-hydroxylation sites is 2. The molecule has 4 rings (SSSR count). The van der Waals surface area contributed by atoms with Gasteiger partial charge in [-0.15, -0.1) is 0 Å². The molecule has 1 N–H and O–H groups in total. The second-order valence-corrected chi connectivity index (χ2v) is 5.46.